The molecule has 0 radical (unpaired) electrons. The summed E-state index contributed by atoms with van der Waals surface area (Å²) in [6.45, 7) is 2.81. The molecule has 0 unspecified atom stereocenters. The van der Waals surface area contributed by atoms with Gasteiger partial charge in [-0.25, -0.2) is 4.79 Å². The second kappa shape index (κ2) is 5.44. The van der Waals surface area contributed by atoms with Crippen molar-refractivity contribution >= 4 is 28.6 Å². The molecule has 0 aromatic carbocycles. The average Bonchev–Trinajstić information content (AvgIpc) is 2.97. The van der Waals surface area contributed by atoms with Crippen LogP contribution >= 0.6 is 22.7 Å². The molecule has 2 rings (SSSR count). The first kappa shape index (κ1) is 12.3. The van der Waals surface area contributed by atoms with Crippen LogP contribution in [0.5, 0.6) is 0 Å². The van der Waals surface area contributed by atoms with Gasteiger partial charge in [-0.3, -0.25) is 0 Å². The van der Waals surface area contributed by atoms with E-state index in [1.54, 1.807) is 22.8 Å². The first-order chi connectivity index (χ1) is 8.16. The number of aromatic carboxylic acids is 1. The zero-order valence-electron chi connectivity index (χ0n) is 9.34. The number of rotatable bonds is 5. The summed E-state index contributed by atoms with van der Waals surface area (Å²) in [5.41, 5.74) is 0.371. The molecule has 3 nitrogen and oxygen atoms in total. The van der Waals surface area contributed by atoms with Gasteiger partial charge in [0.15, 0.2) is 0 Å². The molecular formula is C12H13NO2S2. The van der Waals surface area contributed by atoms with Crippen LogP contribution in [0.15, 0.2) is 29.0 Å². The normalized spacial score (nSPS) is 12.5. The Morgan fingerprint density at radius 2 is 2.35 bits per heavy atom. The Balaban J connectivity index is 1.91. The second-order valence-electron chi connectivity index (χ2n) is 3.72. The zero-order valence-corrected chi connectivity index (χ0v) is 11.0. The van der Waals surface area contributed by atoms with Crippen LogP contribution in [0.1, 0.15) is 33.1 Å². The maximum atomic E-state index is 10.7. The third kappa shape index (κ3) is 3.15. The van der Waals surface area contributed by atoms with Crippen molar-refractivity contribution in [2.45, 2.75) is 19.5 Å². The highest BCUT2D eigenvalue weighted by Crippen LogP contribution is 2.20. The van der Waals surface area contributed by atoms with E-state index in [0.29, 0.717) is 18.2 Å². The molecule has 0 saturated carbocycles. The van der Waals surface area contributed by atoms with Gasteiger partial charge < -0.3 is 10.4 Å². The molecule has 0 spiro atoms. The zero-order chi connectivity index (χ0) is 12.3. The second-order valence-corrected chi connectivity index (χ2v) is 5.70. The van der Waals surface area contributed by atoms with E-state index in [-0.39, 0.29) is 0 Å². The van der Waals surface area contributed by atoms with Gasteiger partial charge in [0.25, 0.3) is 0 Å². The summed E-state index contributed by atoms with van der Waals surface area (Å²) < 4.78 is 0. The van der Waals surface area contributed by atoms with Crippen LogP contribution in [0, 0.1) is 0 Å². The predicted octanol–water partition coefficient (Wildman–Crippen LogP) is 3.36. The van der Waals surface area contributed by atoms with E-state index in [4.69, 9.17) is 5.11 Å². The van der Waals surface area contributed by atoms with Crippen LogP contribution in [-0.2, 0) is 6.54 Å². The lowest BCUT2D eigenvalue weighted by molar-refractivity contribution is 0.0697. The number of hydrogen-bond acceptors (Lipinski definition) is 4. The van der Waals surface area contributed by atoms with E-state index >= 15 is 0 Å². The van der Waals surface area contributed by atoms with Crippen molar-refractivity contribution in [2.24, 2.45) is 0 Å². The van der Waals surface area contributed by atoms with Gasteiger partial charge in [0.2, 0.25) is 0 Å². The van der Waals surface area contributed by atoms with Crippen LogP contribution < -0.4 is 5.32 Å². The van der Waals surface area contributed by atoms with Gasteiger partial charge >= 0.3 is 5.97 Å². The van der Waals surface area contributed by atoms with Crippen molar-refractivity contribution in [1.82, 2.24) is 5.32 Å². The molecular weight excluding hydrogens is 254 g/mol. The highest BCUT2D eigenvalue weighted by Gasteiger charge is 2.09. The van der Waals surface area contributed by atoms with Gasteiger partial charge in [0.1, 0.15) is 0 Å². The SMILES string of the molecule is C[C@H](NCc1cc(C(=O)O)cs1)c1cccs1. The smallest absolute Gasteiger partial charge is 0.336 e. The van der Waals surface area contributed by atoms with Gasteiger partial charge in [-0.2, -0.15) is 0 Å². The van der Waals surface area contributed by atoms with E-state index in [2.05, 4.69) is 23.7 Å². The molecule has 2 heterocycles. The lowest BCUT2D eigenvalue weighted by atomic mass is 10.2. The van der Waals surface area contributed by atoms with Crippen molar-refractivity contribution in [1.29, 1.82) is 0 Å². The molecule has 90 valence electrons. The van der Waals surface area contributed by atoms with Gasteiger partial charge in [-0.05, 0) is 24.4 Å². The maximum Gasteiger partial charge on any atom is 0.336 e. The first-order valence-electron chi connectivity index (χ1n) is 5.24. The largest absolute Gasteiger partial charge is 0.478 e. The van der Waals surface area contributed by atoms with Crippen molar-refractivity contribution in [3.8, 4) is 0 Å². The first-order valence-corrected chi connectivity index (χ1v) is 7.00. The minimum Gasteiger partial charge on any atom is -0.478 e. The summed E-state index contributed by atoms with van der Waals surface area (Å²) in [7, 11) is 0. The number of nitrogens with one attached hydrogen (secondary N) is 1. The lowest BCUT2D eigenvalue weighted by Crippen LogP contribution is -2.16. The quantitative estimate of drug-likeness (QED) is 0.873. The maximum absolute atomic E-state index is 10.7. The van der Waals surface area contributed by atoms with Crippen LogP contribution in [0.25, 0.3) is 0 Å². The summed E-state index contributed by atoms with van der Waals surface area (Å²) in [4.78, 5) is 13.1. The summed E-state index contributed by atoms with van der Waals surface area (Å²) in [5.74, 6) is -0.862. The van der Waals surface area contributed by atoms with Gasteiger partial charge in [0.05, 0.1) is 5.56 Å². The summed E-state index contributed by atoms with van der Waals surface area (Å²) >= 11 is 3.20. The molecule has 5 heteroatoms. The van der Waals surface area contributed by atoms with E-state index in [1.165, 1.54) is 16.2 Å². The Morgan fingerprint density at radius 1 is 1.53 bits per heavy atom. The highest BCUT2D eigenvalue weighted by molar-refractivity contribution is 7.10. The number of thiophene rings is 2. The third-order valence-electron chi connectivity index (χ3n) is 2.45. The Morgan fingerprint density at radius 3 is 2.94 bits per heavy atom. The number of carbonyl (C=O) groups is 1. The van der Waals surface area contributed by atoms with Crippen molar-refractivity contribution in [2.75, 3.05) is 0 Å². The van der Waals surface area contributed by atoms with Crippen LogP contribution in [-0.4, -0.2) is 11.1 Å². The minimum absolute atomic E-state index is 0.297. The fraction of sp³-hybridized carbons (Fsp3) is 0.250. The summed E-state index contributed by atoms with van der Waals surface area (Å²) in [6.07, 6.45) is 0. The Labute approximate surface area is 108 Å². The lowest BCUT2D eigenvalue weighted by Gasteiger charge is -2.10. The monoisotopic (exact) mass is 267 g/mol. The molecule has 0 fully saturated rings. The van der Waals surface area contributed by atoms with E-state index in [1.807, 2.05) is 6.07 Å². The number of carboxylic acids is 1. The highest BCUT2D eigenvalue weighted by atomic mass is 32.1. The number of hydrogen-bond donors (Lipinski definition) is 2. The van der Waals surface area contributed by atoms with Crippen molar-refractivity contribution in [3.63, 3.8) is 0 Å². The topological polar surface area (TPSA) is 49.3 Å². The molecule has 0 aliphatic rings. The van der Waals surface area contributed by atoms with E-state index in [0.717, 1.165) is 4.88 Å². The van der Waals surface area contributed by atoms with Gasteiger partial charge in [0, 0.05) is 27.7 Å². The molecule has 17 heavy (non-hydrogen) atoms. The molecule has 0 amide bonds. The van der Waals surface area contributed by atoms with Crippen LogP contribution in [0.2, 0.25) is 0 Å². The Kier molecular flexibility index (Phi) is 3.93. The van der Waals surface area contributed by atoms with E-state index < -0.39 is 5.97 Å². The molecule has 0 bridgehead atoms. The van der Waals surface area contributed by atoms with Crippen LogP contribution in [0.4, 0.5) is 0 Å². The van der Waals surface area contributed by atoms with Crippen molar-refractivity contribution < 1.29 is 9.90 Å². The molecule has 2 aromatic rings. The van der Waals surface area contributed by atoms with Crippen molar-refractivity contribution in [3.05, 3.63) is 44.3 Å². The number of carboxylic acid groups (broad SMARTS) is 1. The van der Waals surface area contributed by atoms with E-state index in [9.17, 15) is 4.79 Å². The third-order valence-corrected chi connectivity index (χ3v) is 4.44. The molecule has 2 N–H and O–H groups in total. The summed E-state index contributed by atoms with van der Waals surface area (Å²) in [5, 5.41) is 15.9. The fourth-order valence-electron chi connectivity index (χ4n) is 1.48. The van der Waals surface area contributed by atoms with Gasteiger partial charge in [-0.15, -0.1) is 22.7 Å². The Bertz CT molecular complexity index is 490. The molecule has 2 aromatic heterocycles. The molecule has 1 atom stereocenters. The minimum atomic E-state index is -0.862. The average molecular weight is 267 g/mol. The molecule has 0 aliphatic carbocycles. The standard InChI is InChI=1S/C12H13NO2S2/c1-8(11-3-2-4-16-11)13-6-10-5-9(7-17-10)12(14)15/h2-5,7-8,13H,6H2,1H3,(H,14,15)/t8-/m0/s1. The van der Waals surface area contributed by atoms with Crippen LogP contribution in [0.3, 0.4) is 0 Å². The fourth-order valence-corrected chi connectivity index (χ4v) is 3.05. The summed E-state index contributed by atoms with van der Waals surface area (Å²) in [6, 6.07) is 6.15. The van der Waals surface area contributed by atoms with Gasteiger partial charge in [-0.1, -0.05) is 6.07 Å². The molecule has 0 saturated heterocycles. The Hall–Kier alpha value is -1.17. The molecule has 0 aliphatic heterocycles. The predicted molar refractivity (Wildman–Crippen MR) is 70.9 cm³/mol.